The van der Waals surface area contributed by atoms with Gasteiger partial charge in [-0.3, -0.25) is 4.79 Å². The normalized spacial score (nSPS) is 12.9. The number of anilines is 1. The second-order valence-electron chi connectivity index (χ2n) is 4.70. The van der Waals surface area contributed by atoms with E-state index < -0.39 is 6.04 Å². The zero-order chi connectivity index (χ0) is 14.1. The van der Waals surface area contributed by atoms with Gasteiger partial charge in [0, 0.05) is 19.3 Å². The van der Waals surface area contributed by atoms with E-state index in [1.165, 1.54) is 0 Å². The van der Waals surface area contributed by atoms with Crippen molar-refractivity contribution in [1.29, 1.82) is 0 Å². The van der Waals surface area contributed by atoms with Gasteiger partial charge in [-0.1, -0.05) is 26.3 Å². The first kappa shape index (κ1) is 18.7. The Morgan fingerprint density at radius 2 is 2.15 bits per heavy atom. The summed E-state index contributed by atoms with van der Waals surface area (Å²) >= 11 is 0. The number of amides is 1. The maximum atomic E-state index is 11.7. The fourth-order valence-corrected chi connectivity index (χ4v) is 1.61. The number of hydrogen-bond acceptors (Lipinski definition) is 4. The van der Waals surface area contributed by atoms with Gasteiger partial charge in [-0.25, -0.2) is 4.98 Å². The molecule has 0 radical (unpaired) electrons. The lowest BCUT2D eigenvalue weighted by atomic mass is 9.99. The van der Waals surface area contributed by atoms with Gasteiger partial charge in [0.25, 0.3) is 0 Å². The summed E-state index contributed by atoms with van der Waals surface area (Å²) in [5, 5.41) is 6.05. The number of nitrogens with two attached hydrogens (primary N) is 1. The molecule has 114 valence electrons. The predicted molar refractivity (Wildman–Crippen MR) is 85.0 cm³/mol. The summed E-state index contributed by atoms with van der Waals surface area (Å²) in [6, 6.07) is 5.32. The van der Waals surface area contributed by atoms with E-state index in [1.54, 1.807) is 6.20 Å². The third-order valence-electron chi connectivity index (χ3n) is 3.18. The van der Waals surface area contributed by atoms with Crippen LogP contribution in [0.1, 0.15) is 26.7 Å². The molecule has 0 aliphatic heterocycles. The zero-order valence-electron chi connectivity index (χ0n) is 12.1. The maximum absolute atomic E-state index is 11.7. The molecule has 5 nitrogen and oxygen atoms in total. The molecule has 1 aromatic rings. The summed E-state index contributed by atoms with van der Waals surface area (Å²) in [4.78, 5) is 15.9. The summed E-state index contributed by atoms with van der Waals surface area (Å²) in [6.45, 7) is 5.43. The van der Waals surface area contributed by atoms with Crippen molar-refractivity contribution in [2.75, 3.05) is 18.4 Å². The van der Waals surface area contributed by atoms with Crippen LogP contribution < -0.4 is 16.4 Å². The van der Waals surface area contributed by atoms with E-state index in [9.17, 15) is 4.79 Å². The molecule has 2 unspecified atom stereocenters. The Balaban J connectivity index is 0.00000361. The van der Waals surface area contributed by atoms with Crippen molar-refractivity contribution >= 4 is 24.1 Å². The second-order valence-corrected chi connectivity index (χ2v) is 4.70. The highest BCUT2D eigenvalue weighted by molar-refractivity contribution is 5.85. The third kappa shape index (κ3) is 6.73. The van der Waals surface area contributed by atoms with Gasteiger partial charge >= 0.3 is 0 Å². The van der Waals surface area contributed by atoms with E-state index in [4.69, 9.17) is 5.73 Å². The molecule has 0 spiro atoms. The lowest BCUT2D eigenvalue weighted by Crippen LogP contribution is -2.45. The highest BCUT2D eigenvalue weighted by Crippen LogP contribution is 2.05. The molecule has 6 heteroatoms. The Bertz CT molecular complexity index is 375. The summed E-state index contributed by atoms with van der Waals surface area (Å²) < 4.78 is 0. The molecular formula is C14H25ClN4O. The Kier molecular flexibility index (Phi) is 9.76. The number of pyridine rings is 1. The van der Waals surface area contributed by atoms with E-state index in [0.29, 0.717) is 6.54 Å². The zero-order valence-corrected chi connectivity index (χ0v) is 13.0. The maximum Gasteiger partial charge on any atom is 0.237 e. The van der Waals surface area contributed by atoms with Crippen molar-refractivity contribution in [3.63, 3.8) is 0 Å². The summed E-state index contributed by atoms with van der Waals surface area (Å²) in [5.41, 5.74) is 5.84. The quantitative estimate of drug-likeness (QED) is 0.640. The van der Waals surface area contributed by atoms with Crippen LogP contribution in [0.3, 0.4) is 0 Å². The predicted octanol–water partition coefficient (Wildman–Crippen LogP) is 1.79. The molecule has 1 amide bonds. The van der Waals surface area contributed by atoms with E-state index in [0.717, 1.165) is 25.2 Å². The standard InChI is InChI=1S/C14H24N4O.ClH/c1-3-11(2)13(15)14(19)18-10-6-9-17-12-7-4-5-8-16-12;/h4-5,7-8,11,13H,3,6,9-10,15H2,1-2H3,(H,16,17)(H,18,19);1H. The van der Waals surface area contributed by atoms with Crippen LogP contribution >= 0.6 is 12.4 Å². The molecule has 0 aliphatic rings. The van der Waals surface area contributed by atoms with Crippen LogP contribution in [0.4, 0.5) is 5.82 Å². The average molecular weight is 301 g/mol. The van der Waals surface area contributed by atoms with Crippen LogP contribution in [0.2, 0.25) is 0 Å². The van der Waals surface area contributed by atoms with Crippen molar-refractivity contribution in [2.24, 2.45) is 11.7 Å². The largest absolute Gasteiger partial charge is 0.370 e. The fraction of sp³-hybridized carbons (Fsp3) is 0.571. The first-order chi connectivity index (χ1) is 9.15. The summed E-state index contributed by atoms with van der Waals surface area (Å²) in [5.74, 6) is 1.00. The Labute approximate surface area is 127 Å². The van der Waals surface area contributed by atoms with Gasteiger partial charge in [-0.2, -0.15) is 0 Å². The van der Waals surface area contributed by atoms with Gasteiger partial charge in [0.15, 0.2) is 0 Å². The van der Waals surface area contributed by atoms with Crippen molar-refractivity contribution < 1.29 is 4.79 Å². The van der Waals surface area contributed by atoms with Crippen molar-refractivity contribution in [1.82, 2.24) is 10.3 Å². The van der Waals surface area contributed by atoms with Gasteiger partial charge < -0.3 is 16.4 Å². The topological polar surface area (TPSA) is 80.0 Å². The smallest absolute Gasteiger partial charge is 0.237 e. The Morgan fingerprint density at radius 3 is 2.75 bits per heavy atom. The second kappa shape index (κ2) is 10.5. The molecule has 20 heavy (non-hydrogen) atoms. The first-order valence-corrected chi connectivity index (χ1v) is 6.83. The van der Waals surface area contributed by atoms with Crippen molar-refractivity contribution in [2.45, 2.75) is 32.7 Å². The van der Waals surface area contributed by atoms with E-state index in [-0.39, 0.29) is 24.2 Å². The highest BCUT2D eigenvalue weighted by Gasteiger charge is 2.18. The lowest BCUT2D eigenvalue weighted by Gasteiger charge is -2.17. The monoisotopic (exact) mass is 300 g/mol. The molecule has 0 fully saturated rings. The fourth-order valence-electron chi connectivity index (χ4n) is 1.61. The molecular weight excluding hydrogens is 276 g/mol. The van der Waals surface area contributed by atoms with Crippen molar-refractivity contribution in [3.05, 3.63) is 24.4 Å². The number of aromatic nitrogens is 1. The number of carbonyl (C=O) groups excluding carboxylic acids is 1. The number of nitrogens with zero attached hydrogens (tertiary/aromatic N) is 1. The minimum absolute atomic E-state index is 0. The molecule has 0 bridgehead atoms. The Morgan fingerprint density at radius 1 is 1.40 bits per heavy atom. The summed E-state index contributed by atoms with van der Waals surface area (Å²) in [7, 11) is 0. The van der Waals surface area contributed by atoms with Crippen LogP contribution in [0, 0.1) is 5.92 Å². The Hall–Kier alpha value is -1.33. The minimum Gasteiger partial charge on any atom is -0.370 e. The number of nitrogens with one attached hydrogen (secondary N) is 2. The number of hydrogen-bond donors (Lipinski definition) is 3. The van der Waals surface area contributed by atoms with Crippen LogP contribution in [-0.4, -0.2) is 30.0 Å². The number of rotatable bonds is 8. The molecule has 0 aliphatic carbocycles. The van der Waals surface area contributed by atoms with Crippen LogP contribution in [0.25, 0.3) is 0 Å². The van der Waals surface area contributed by atoms with Gasteiger partial charge in [-0.15, -0.1) is 12.4 Å². The molecule has 0 saturated carbocycles. The molecule has 2 atom stereocenters. The minimum atomic E-state index is -0.409. The highest BCUT2D eigenvalue weighted by atomic mass is 35.5. The van der Waals surface area contributed by atoms with Crippen LogP contribution in [0.15, 0.2) is 24.4 Å². The summed E-state index contributed by atoms with van der Waals surface area (Å²) in [6.07, 6.45) is 3.50. The van der Waals surface area contributed by atoms with Gasteiger partial charge in [0.05, 0.1) is 6.04 Å². The van der Waals surface area contributed by atoms with E-state index in [2.05, 4.69) is 15.6 Å². The van der Waals surface area contributed by atoms with Crippen molar-refractivity contribution in [3.8, 4) is 0 Å². The third-order valence-corrected chi connectivity index (χ3v) is 3.18. The molecule has 1 aromatic heterocycles. The van der Waals surface area contributed by atoms with Crippen LogP contribution in [0.5, 0.6) is 0 Å². The number of halogens is 1. The van der Waals surface area contributed by atoms with Gasteiger partial charge in [-0.05, 0) is 24.5 Å². The SMILES string of the molecule is CCC(C)C(N)C(=O)NCCCNc1ccccn1.Cl. The molecule has 0 aromatic carbocycles. The van der Waals surface area contributed by atoms with E-state index in [1.807, 2.05) is 32.0 Å². The average Bonchev–Trinajstić information content (AvgIpc) is 2.46. The lowest BCUT2D eigenvalue weighted by molar-refractivity contribution is -0.123. The molecule has 0 saturated heterocycles. The van der Waals surface area contributed by atoms with Crippen LogP contribution in [-0.2, 0) is 4.79 Å². The molecule has 1 heterocycles. The number of carbonyl (C=O) groups is 1. The molecule has 4 N–H and O–H groups in total. The van der Waals surface area contributed by atoms with E-state index >= 15 is 0 Å². The van der Waals surface area contributed by atoms with Gasteiger partial charge in [0.1, 0.15) is 5.82 Å². The van der Waals surface area contributed by atoms with Gasteiger partial charge in [0.2, 0.25) is 5.91 Å². The first-order valence-electron chi connectivity index (χ1n) is 6.83. The molecule has 1 rings (SSSR count).